The average Bonchev–Trinajstić information content (AvgIpc) is 2.88. The number of ether oxygens (including phenoxy) is 2. The van der Waals surface area contributed by atoms with Crippen LogP contribution < -0.4 is 4.74 Å². The van der Waals surface area contributed by atoms with Gasteiger partial charge in [-0.05, 0) is 18.6 Å². The van der Waals surface area contributed by atoms with E-state index in [2.05, 4.69) is 0 Å². The molecule has 1 saturated heterocycles. The molecule has 0 spiro atoms. The molecule has 1 amide bonds. The zero-order chi connectivity index (χ0) is 13.8. The van der Waals surface area contributed by atoms with E-state index in [9.17, 15) is 14.9 Å². The van der Waals surface area contributed by atoms with Crippen LogP contribution in [0.25, 0.3) is 0 Å². The lowest BCUT2D eigenvalue weighted by molar-refractivity contribution is -0.384. The summed E-state index contributed by atoms with van der Waals surface area (Å²) in [6.07, 6.45) is 0.365. The number of methoxy groups -OCH3 is 1. The molecule has 0 aromatic heterocycles. The van der Waals surface area contributed by atoms with Crippen LogP contribution in [0.5, 0.6) is 5.75 Å². The van der Waals surface area contributed by atoms with Crippen molar-refractivity contribution in [3.8, 4) is 5.75 Å². The summed E-state index contributed by atoms with van der Waals surface area (Å²) in [4.78, 5) is 23.3. The number of nitro groups is 1. The summed E-state index contributed by atoms with van der Waals surface area (Å²) < 4.78 is 10.3. The van der Waals surface area contributed by atoms with Crippen LogP contribution in [-0.4, -0.2) is 42.2 Å². The van der Waals surface area contributed by atoms with Crippen LogP contribution in [-0.2, 0) is 4.74 Å². The monoisotopic (exact) mass is 266 g/mol. The van der Waals surface area contributed by atoms with E-state index in [4.69, 9.17) is 9.47 Å². The fourth-order valence-corrected chi connectivity index (χ4v) is 1.89. The number of likely N-dealkylation sites (tertiary alicyclic amines) is 1. The molecule has 0 N–H and O–H groups in total. The summed E-state index contributed by atoms with van der Waals surface area (Å²) in [6, 6.07) is 5.40. The first-order chi connectivity index (χ1) is 9.10. The van der Waals surface area contributed by atoms with Crippen LogP contribution >= 0.6 is 0 Å². The van der Waals surface area contributed by atoms with Crippen LogP contribution in [0, 0.1) is 10.1 Å². The van der Waals surface area contributed by atoms with Gasteiger partial charge in [-0.2, -0.15) is 0 Å². The summed E-state index contributed by atoms with van der Waals surface area (Å²) in [7, 11) is 1.61. The fourth-order valence-electron chi connectivity index (χ4n) is 1.89. The van der Waals surface area contributed by atoms with Gasteiger partial charge in [-0.3, -0.25) is 10.1 Å². The third-order valence-corrected chi connectivity index (χ3v) is 2.99. The molecule has 1 fully saturated rings. The van der Waals surface area contributed by atoms with E-state index in [1.165, 1.54) is 24.3 Å². The van der Waals surface area contributed by atoms with Crippen LogP contribution in [0.4, 0.5) is 10.5 Å². The predicted octanol–water partition coefficient (Wildman–Crippen LogP) is 1.81. The fraction of sp³-hybridized carbons (Fsp3) is 0.417. The highest BCUT2D eigenvalue weighted by atomic mass is 16.6. The Bertz CT molecular complexity index is 474. The average molecular weight is 266 g/mol. The molecule has 1 aliphatic rings. The number of carbonyl (C=O) groups is 1. The molecule has 0 bridgehead atoms. The molecule has 0 saturated carbocycles. The maximum absolute atomic E-state index is 11.8. The van der Waals surface area contributed by atoms with Crippen molar-refractivity contribution < 1.29 is 19.2 Å². The molecule has 0 unspecified atom stereocenters. The van der Waals surface area contributed by atoms with Crippen molar-refractivity contribution in [2.45, 2.75) is 12.5 Å². The van der Waals surface area contributed by atoms with Crippen LogP contribution in [0.3, 0.4) is 0 Å². The summed E-state index contributed by atoms with van der Waals surface area (Å²) >= 11 is 0. The Kier molecular flexibility index (Phi) is 3.96. The number of carbonyl (C=O) groups excluding carboxylic acids is 1. The molecule has 7 heteroatoms. The van der Waals surface area contributed by atoms with Gasteiger partial charge < -0.3 is 14.4 Å². The summed E-state index contributed by atoms with van der Waals surface area (Å²) in [6.45, 7) is 1.09. The maximum Gasteiger partial charge on any atom is 0.415 e. The van der Waals surface area contributed by atoms with E-state index in [1.54, 1.807) is 12.0 Å². The molecule has 1 aliphatic heterocycles. The number of nitrogens with zero attached hydrogens (tertiary/aromatic N) is 2. The highest BCUT2D eigenvalue weighted by molar-refractivity contribution is 5.71. The van der Waals surface area contributed by atoms with Gasteiger partial charge in [0.25, 0.3) is 5.69 Å². The Morgan fingerprint density at radius 3 is 2.63 bits per heavy atom. The predicted molar refractivity (Wildman–Crippen MR) is 66.1 cm³/mol. The first kappa shape index (κ1) is 13.3. The van der Waals surface area contributed by atoms with E-state index in [1.807, 2.05) is 0 Å². The van der Waals surface area contributed by atoms with E-state index in [0.717, 1.165) is 6.42 Å². The van der Waals surface area contributed by atoms with Crippen LogP contribution in [0.15, 0.2) is 24.3 Å². The van der Waals surface area contributed by atoms with Gasteiger partial charge >= 0.3 is 6.09 Å². The normalized spacial score (nSPS) is 18.4. The molecule has 19 heavy (non-hydrogen) atoms. The van der Waals surface area contributed by atoms with Crippen molar-refractivity contribution in [2.24, 2.45) is 0 Å². The Hall–Kier alpha value is -2.15. The number of benzene rings is 1. The van der Waals surface area contributed by atoms with Gasteiger partial charge in [-0.15, -0.1) is 0 Å². The van der Waals surface area contributed by atoms with Gasteiger partial charge in [0.05, 0.1) is 17.6 Å². The number of nitro benzene ring substituents is 1. The van der Waals surface area contributed by atoms with Gasteiger partial charge in [-0.1, -0.05) is 0 Å². The zero-order valence-corrected chi connectivity index (χ0v) is 10.4. The minimum absolute atomic E-state index is 0.0413. The number of hydrogen-bond donors (Lipinski definition) is 0. The molecule has 1 aromatic carbocycles. The molecular weight excluding hydrogens is 252 g/mol. The molecule has 1 aromatic rings. The molecule has 0 radical (unpaired) electrons. The summed E-state index contributed by atoms with van der Waals surface area (Å²) in [5, 5.41) is 10.5. The molecule has 102 valence electrons. The maximum atomic E-state index is 11.8. The van der Waals surface area contributed by atoms with Gasteiger partial charge in [0.1, 0.15) is 5.75 Å². The van der Waals surface area contributed by atoms with Gasteiger partial charge in [0.2, 0.25) is 0 Å². The standard InChI is InChI=1S/C12H14N2O5/c1-18-11-6-7-13(8-11)12(15)19-10-4-2-9(3-5-10)14(16)17/h2-5,11H,6-8H2,1H3/t11-/m1/s1. The molecule has 2 rings (SSSR count). The Morgan fingerprint density at radius 2 is 2.11 bits per heavy atom. The SMILES string of the molecule is CO[C@@H]1CCN(C(=O)Oc2ccc([N+](=O)[O-])cc2)C1. The van der Waals surface area contributed by atoms with E-state index in [0.29, 0.717) is 13.1 Å². The van der Waals surface area contributed by atoms with E-state index >= 15 is 0 Å². The first-order valence-corrected chi connectivity index (χ1v) is 5.84. The number of hydrogen-bond acceptors (Lipinski definition) is 5. The van der Waals surface area contributed by atoms with Crippen LogP contribution in [0.1, 0.15) is 6.42 Å². The second-order valence-corrected chi connectivity index (χ2v) is 4.21. The van der Waals surface area contributed by atoms with Gasteiger partial charge in [0, 0.05) is 25.8 Å². The van der Waals surface area contributed by atoms with E-state index in [-0.39, 0.29) is 17.5 Å². The molecule has 0 aliphatic carbocycles. The van der Waals surface area contributed by atoms with Crippen molar-refractivity contribution >= 4 is 11.8 Å². The van der Waals surface area contributed by atoms with Crippen molar-refractivity contribution in [2.75, 3.05) is 20.2 Å². The first-order valence-electron chi connectivity index (χ1n) is 5.84. The molecule has 1 heterocycles. The summed E-state index contributed by atoms with van der Waals surface area (Å²) in [5.74, 6) is 0.288. The lowest BCUT2D eigenvalue weighted by Crippen LogP contribution is -2.32. The van der Waals surface area contributed by atoms with Crippen LogP contribution in [0.2, 0.25) is 0 Å². The lowest BCUT2D eigenvalue weighted by atomic mass is 10.3. The van der Waals surface area contributed by atoms with Crippen molar-refractivity contribution in [1.82, 2.24) is 4.90 Å². The van der Waals surface area contributed by atoms with E-state index < -0.39 is 11.0 Å². The second kappa shape index (κ2) is 5.66. The number of amides is 1. The number of non-ortho nitro benzene ring substituents is 1. The summed E-state index contributed by atoms with van der Waals surface area (Å²) in [5.41, 5.74) is -0.0413. The van der Waals surface area contributed by atoms with Crippen molar-refractivity contribution in [1.29, 1.82) is 0 Å². The lowest BCUT2D eigenvalue weighted by Gasteiger charge is -2.15. The Balaban J connectivity index is 1.94. The molecule has 1 atom stereocenters. The third kappa shape index (κ3) is 3.19. The quantitative estimate of drug-likeness (QED) is 0.615. The zero-order valence-electron chi connectivity index (χ0n) is 10.4. The molecular formula is C12H14N2O5. The third-order valence-electron chi connectivity index (χ3n) is 2.99. The second-order valence-electron chi connectivity index (χ2n) is 4.21. The van der Waals surface area contributed by atoms with Crippen molar-refractivity contribution in [3.63, 3.8) is 0 Å². The minimum atomic E-state index is -0.505. The smallest absolute Gasteiger partial charge is 0.410 e. The Labute approximate surface area is 109 Å². The minimum Gasteiger partial charge on any atom is -0.410 e. The topological polar surface area (TPSA) is 81.9 Å². The Morgan fingerprint density at radius 1 is 1.42 bits per heavy atom. The van der Waals surface area contributed by atoms with Gasteiger partial charge in [-0.25, -0.2) is 4.79 Å². The number of rotatable bonds is 3. The highest BCUT2D eigenvalue weighted by Gasteiger charge is 2.27. The largest absolute Gasteiger partial charge is 0.415 e. The molecule has 7 nitrogen and oxygen atoms in total. The van der Waals surface area contributed by atoms with Gasteiger partial charge in [0.15, 0.2) is 0 Å². The van der Waals surface area contributed by atoms with Crippen molar-refractivity contribution in [3.05, 3.63) is 34.4 Å². The highest BCUT2D eigenvalue weighted by Crippen LogP contribution is 2.19.